The van der Waals surface area contributed by atoms with Gasteiger partial charge in [-0.05, 0) is 45.4 Å². The summed E-state index contributed by atoms with van der Waals surface area (Å²) in [6, 6.07) is 5.79. The first kappa shape index (κ1) is 17.9. The predicted octanol–water partition coefficient (Wildman–Crippen LogP) is 2.61. The molecule has 1 aromatic rings. The van der Waals surface area contributed by atoms with Crippen molar-refractivity contribution in [3.8, 4) is 0 Å². The van der Waals surface area contributed by atoms with Gasteiger partial charge in [-0.3, -0.25) is 4.79 Å². The molecule has 1 rings (SSSR count). The number of hydrogen-bond donors (Lipinski definition) is 1. The third kappa shape index (κ3) is 6.46. The molecule has 1 aromatic carbocycles. The summed E-state index contributed by atoms with van der Waals surface area (Å²) in [5.74, 6) is -0.230. The zero-order valence-electron chi connectivity index (χ0n) is 12.5. The van der Waals surface area contributed by atoms with Gasteiger partial charge in [-0.25, -0.2) is 8.42 Å². The SMILES string of the molecule is CC(NC(=O)COC(C)(C)C)c1ccc(S(=O)(=O)Cl)cc1. The largest absolute Gasteiger partial charge is 0.366 e. The van der Waals surface area contributed by atoms with E-state index in [4.69, 9.17) is 15.4 Å². The number of ether oxygens (including phenoxy) is 1. The van der Waals surface area contributed by atoms with Crippen LogP contribution in [-0.4, -0.2) is 26.5 Å². The van der Waals surface area contributed by atoms with E-state index in [1.54, 1.807) is 19.1 Å². The maximum atomic E-state index is 11.7. The van der Waals surface area contributed by atoms with Gasteiger partial charge < -0.3 is 10.1 Å². The summed E-state index contributed by atoms with van der Waals surface area (Å²) >= 11 is 0. The lowest BCUT2D eigenvalue weighted by atomic mass is 10.1. The Morgan fingerprint density at radius 2 is 1.81 bits per heavy atom. The van der Waals surface area contributed by atoms with Crippen LogP contribution in [0.25, 0.3) is 0 Å². The monoisotopic (exact) mass is 333 g/mol. The molecule has 118 valence electrons. The number of halogens is 1. The minimum atomic E-state index is -3.73. The molecule has 0 aliphatic rings. The molecule has 0 spiro atoms. The van der Waals surface area contributed by atoms with E-state index in [9.17, 15) is 13.2 Å². The maximum absolute atomic E-state index is 11.7. The highest BCUT2D eigenvalue weighted by Gasteiger charge is 2.16. The molecule has 1 amide bonds. The molecule has 7 heteroatoms. The predicted molar refractivity (Wildman–Crippen MR) is 81.7 cm³/mol. The number of amides is 1. The molecule has 0 aliphatic heterocycles. The summed E-state index contributed by atoms with van der Waals surface area (Å²) in [6.45, 7) is 7.39. The Bertz CT molecular complexity index is 590. The lowest BCUT2D eigenvalue weighted by molar-refractivity contribution is -0.131. The van der Waals surface area contributed by atoms with Crippen LogP contribution in [0.3, 0.4) is 0 Å². The fourth-order valence-electron chi connectivity index (χ4n) is 1.57. The first-order valence-electron chi connectivity index (χ1n) is 6.47. The van der Waals surface area contributed by atoms with Gasteiger partial charge in [0.2, 0.25) is 5.91 Å². The van der Waals surface area contributed by atoms with Gasteiger partial charge in [0.25, 0.3) is 9.05 Å². The molecular formula is C14H20ClNO4S. The van der Waals surface area contributed by atoms with E-state index in [0.29, 0.717) is 0 Å². The molecule has 0 saturated carbocycles. The third-order valence-electron chi connectivity index (χ3n) is 2.68. The van der Waals surface area contributed by atoms with Crippen LogP contribution in [0.4, 0.5) is 0 Å². The van der Waals surface area contributed by atoms with Crippen molar-refractivity contribution in [2.24, 2.45) is 0 Å². The summed E-state index contributed by atoms with van der Waals surface area (Å²) in [6.07, 6.45) is 0. The van der Waals surface area contributed by atoms with Crippen LogP contribution in [0.2, 0.25) is 0 Å². The van der Waals surface area contributed by atoms with Gasteiger partial charge in [0, 0.05) is 10.7 Å². The average molecular weight is 334 g/mol. The first-order valence-corrected chi connectivity index (χ1v) is 8.78. The van der Waals surface area contributed by atoms with Crippen LogP contribution in [0.15, 0.2) is 29.2 Å². The van der Waals surface area contributed by atoms with Crippen LogP contribution >= 0.6 is 10.7 Å². The average Bonchev–Trinajstić information content (AvgIpc) is 2.34. The van der Waals surface area contributed by atoms with Crippen molar-refractivity contribution >= 4 is 25.6 Å². The highest BCUT2D eigenvalue weighted by Crippen LogP contribution is 2.19. The van der Waals surface area contributed by atoms with E-state index >= 15 is 0 Å². The van der Waals surface area contributed by atoms with Crippen LogP contribution in [-0.2, 0) is 18.6 Å². The number of nitrogens with one attached hydrogen (secondary N) is 1. The van der Waals surface area contributed by atoms with Gasteiger partial charge in [-0.1, -0.05) is 12.1 Å². The number of carbonyl (C=O) groups is 1. The summed E-state index contributed by atoms with van der Waals surface area (Å²) in [5, 5.41) is 2.78. The molecule has 5 nitrogen and oxygen atoms in total. The Morgan fingerprint density at radius 3 is 2.24 bits per heavy atom. The van der Waals surface area contributed by atoms with Crippen LogP contribution in [0.1, 0.15) is 39.3 Å². The first-order chi connectivity index (χ1) is 9.49. The van der Waals surface area contributed by atoms with Crippen LogP contribution in [0.5, 0.6) is 0 Å². The molecule has 0 bridgehead atoms. The van der Waals surface area contributed by atoms with Crippen molar-refractivity contribution in [2.45, 2.75) is 44.2 Å². The third-order valence-corrected chi connectivity index (χ3v) is 4.05. The molecule has 0 fully saturated rings. The van der Waals surface area contributed by atoms with E-state index in [0.717, 1.165) is 5.56 Å². The van der Waals surface area contributed by atoms with Crippen molar-refractivity contribution in [2.75, 3.05) is 6.61 Å². The Hall–Kier alpha value is -1.11. The van der Waals surface area contributed by atoms with Gasteiger partial charge in [-0.15, -0.1) is 0 Å². The summed E-state index contributed by atoms with van der Waals surface area (Å²) in [7, 11) is 1.52. The lowest BCUT2D eigenvalue weighted by Crippen LogP contribution is -2.33. The second kappa shape index (κ2) is 6.77. The molecule has 0 aromatic heterocycles. The number of carbonyl (C=O) groups excluding carboxylic acids is 1. The van der Waals surface area contributed by atoms with Gasteiger partial charge in [0.05, 0.1) is 16.5 Å². The molecule has 0 heterocycles. The number of hydrogen-bond acceptors (Lipinski definition) is 4. The van der Waals surface area contributed by atoms with Gasteiger partial charge >= 0.3 is 0 Å². The Balaban J connectivity index is 2.64. The summed E-state index contributed by atoms with van der Waals surface area (Å²) < 4.78 is 27.7. The highest BCUT2D eigenvalue weighted by molar-refractivity contribution is 8.13. The Kier molecular flexibility index (Phi) is 5.78. The molecule has 0 aliphatic carbocycles. The quantitative estimate of drug-likeness (QED) is 0.841. The van der Waals surface area contributed by atoms with Crippen LogP contribution in [0, 0.1) is 0 Å². The highest BCUT2D eigenvalue weighted by atomic mass is 35.7. The van der Waals surface area contributed by atoms with Crippen molar-refractivity contribution in [3.05, 3.63) is 29.8 Å². The summed E-state index contributed by atoms with van der Waals surface area (Å²) in [4.78, 5) is 11.8. The minimum Gasteiger partial charge on any atom is -0.366 e. The van der Waals surface area contributed by atoms with Crippen molar-refractivity contribution in [3.63, 3.8) is 0 Å². The van der Waals surface area contributed by atoms with E-state index in [1.165, 1.54) is 12.1 Å². The molecule has 0 radical (unpaired) electrons. The molecule has 21 heavy (non-hydrogen) atoms. The van der Waals surface area contributed by atoms with Gasteiger partial charge in [0.15, 0.2) is 0 Å². The Morgan fingerprint density at radius 1 is 1.29 bits per heavy atom. The molecule has 1 atom stereocenters. The number of rotatable bonds is 5. The molecule has 1 unspecified atom stereocenters. The fraction of sp³-hybridized carbons (Fsp3) is 0.500. The van der Waals surface area contributed by atoms with E-state index in [-0.39, 0.29) is 29.1 Å². The normalized spacial score (nSPS) is 13.8. The van der Waals surface area contributed by atoms with E-state index < -0.39 is 9.05 Å². The lowest BCUT2D eigenvalue weighted by Gasteiger charge is -2.20. The second-order valence-corrected chi connectivity index (χ2v) is 8.26. The standard InChI is InChI=1S/C14H20ClNO4S/c1-10(16-13(17)9-20-14(2,3)4)11-5-7-12(8-6-11)21(15,18)19/h5-8,10H,9H2,1-4H3,(H,16,17). The van der Waals surface area contributed by atoms with Crippen molar-refractivity contribution in [1.82, 2.24) is 5.32 Å². The second-order valence-electron chi connectivity index (χ2n) is 5.70. The topological polar surface area (TPSA) is 72.5 Å². The zero-order chi connectivity index (χ0) is 16.3. The molecule has 1 N–H and O–H groups in total. The smallest absolute Gasteiger partial charge is 0.261 e. The van der Waals surface area contributed by atoms with E-state index in [1.807, 2.05) is 20.8 Å². The fourth-order valence-corrected chi connectivity index (χ4v) is 2.34. The molecule has 0 saturated heterocycles. The van der Waals surface area contributed by atoms with Crippen molar-refractivity contribution < 1.29 is 17.9 Å². The van der Waals surface area contributed by atoms with Crippen LogP contribution < -0.4 is 5.32 Å². The minimum absolute atomic E-state index is 0.0258. The molecular weight excluding hydrogens is 314 g/mol. The zero-order valence-corrected chi connectivity index (χ0v) is 14.1. The van der Waals surface area contributed by atoms with Gasteiger partial charge in [-0.2, -0.15) is 0 Å². The summed E-state index contributed by atoms with van der Waals surface area (Å²) in [5.41, 5.74) is 0.403. The van der Waals surface area contributed by atoms with Crippen molar-refractivity contribution in [1.29, 1.82) is 0 Å². The van der Waals surface area contributed by atoms with Gasteiger partial charge in [0.1, 0.15) is 6.61 Å². The Labute approximate surface area is 130 Å². The maximum Gasteiger partial charge on any atom is 0.261 e. The number of benzene rings is 1. The van der Waals surface area contributed by atoms with E-state index in [2.05, 4.69) is 5.32 Å².